The van der Waals surface area contributed by atoms with Gasteiger partial charge in [-0.25, -0.2) is 0 Å². The summed E-state index contributed by atoms with van der Waals surface area (Å²) < 4.78 is 5.60. The summed E-state index contributed by atoms with van der Waals surface area (Å²) in [6, 6.07) is 8.41. The van der Waals surface area contributed by atoms with Crippen molar-refractivity contribution in [2.24, 2.45) is 0 Å². The van der Waals surface area contributed by atoms with Crippen molar-refractivity contribution in [3.05, 3.63) is 24.3 Å². The molecule has 3 nitrogen and oxygen atoms in total. The highest BCUT2D eigenvalue weighted by Crippen LogP contribution is 2.27. The van der Waals surface area contributed by atoms with Gasteiger partial charge in [-0.1, -0.05) is 12.1 Å². The van der Waals surface area contributed by atoms with E-state index < -0.39 is 0 Å². The van der Waals surface area contributed by atoms with Gasteiger partial charge in [0.1, 0.15) is 0 Å². The number of nitrogens with zero attached hydrogens (tertiary/aromatic N) is 1. The molecule has 0 spiro atoms. The van der Waals surface area contributed by atoms with Gasteiger partial charge in [0, 0.05) is 12.6 Å². The maximum absolute atomic E-state index is 5.98. The first kappa shape index (κ1) is 10.3. The maximum atomic E-state index is 5.98. The summed E-state index contributed by atoms with van der Waals surface area (Å²) in [5.41, 5.74) is 7.95. The monoisotopic (exact) mass is 206 g/mol. The van der Waals surface area contributed by atoms with Gasteiger partial charge in [-0.3, -0.25) is 0 Å². The second-order valence-electron chi connectivity index (χ2n) is 4.20. The van der Waals surface area contributed by atoms with E-state index in [1.54, 1.807) is 0 Å². The molecule has 1 aromatic rings. The minimum Gasteiger partial charge on any atom is -0.397 e. The largest absolute Gasteiger partial charge is 0.397 e. The van der Waals surface area contributed by atoms with Crippen LogP contribution in [0.1, 0.15) is 13.8 Å². The molecule has 1 aliphatic heterocycles. The average Bonchev–Trinajstić information content (AvgIpc) is 2.23. The molecular weight excluding hydrogens is 188 g/mol. The molecule has 0 aliphatic carbocycles. The summed E-state index contributed by atoms with van der Waals surface area (Å²) >= 11 is 0. The molecule has 1 fully saturated rings. The van der Waals surface area contributed by atoms with E-state index in [0.29, 0.717) is 6.04 Å². The summed E-state index contributed by atoms with van der Waals surface area (Å²) in [7, 11) is 0. The van der Waals surface area contributed by atoms with Gasteiger partial charge in [0.2, 0.25) is 0 Å². The Balaban J connectivity index is 2.25. The number of para-hydroxylation sites is 2. The Morgan fingerprint density at radius 2 is 2.07 bits per heavy atom. The minimum atomic E-state index is 0.279. The van der Waals surface area contributed by atoms with Crippen LogP contribution in [0.15, 0.2) is 24.3 Å². The summed E-state index contributed by atoms with van der Waals surface area (Å²) in [5.74, 6) is 0. The molecule has 1 aliphatic rings. The standard InChI is InChI=1S/C12H18N2O/c1-9-8-15-10(2)7-14(9)12-6-4-3-5-11(12)13/h3-6,9-10H,7-8,13H2,1-2H3. The third-order valence-corrected chi connectivity index (χ3v) is 2.85. The van der Waals surface area contributed by atoms with E-state index in [1.807, 2.05) is 18.2 Å². The van der Waals surface area contributed by atoms with Gasteiger partial charge in [0.25, 0.3) is 0 Å². The third-order valence-electron chi connectivity index (χ3n) is 2.85. The number of nitrogens with two attached hydrogens (primary N) is 1. The lowest BCUT2D eigenvalue weighted by molar-refractivity contribution is 0.0344. The number of morpholine rings is 1. The van der Waals surface area contributed by atoms with E-state index in [-0.39, 0.29) is 6.10 Å². The van der Waals surface area contributed by atoms with Crippen LogP contribution >= 0.6 is 0 Å². The zero-order chi connectivity index (χ0) is 10.8. The van der Waals surface area contributed by atoms with Gasteiger partial charge in [-0.2, -0.15) is 0 Å². The van der Waals surface area contributed by atoms with Crippen molar-refractivity contribution < 1.29 is 4.74 Å². The average molecular weight is 206 g/mol. The molecular formula is C12H18N2O. The maximum Gasteiger partial charge on any atom is 0.0723 e. The molecule has 3 heteroatoms. The summed E-state index contributed by atoms with van der Waals surface area (Å²) in [6.07, 6.45) is 0.279. The fourth-order valence-corrected chi connectivity index (χ4v) is 1.99. The molecule has 1 heterocycles. The molecule has 82 valence electrons. The fraction of sp³-hybridized carbons (Fsp3) is 0.500. The Bertz CT molecular complexity index is 340. The quantitative estimate of drug-likeness (QED) is 0.713. The van der Waals surface area contributed by atoms with Gasteiger partial charge in [0.05, 0.1) is 24.1 Å². The van der Waals surface area contributed by atoms with Crippen LogP contribution in [0.3, 0.4) is 0 Å². The zero-order valence-corrected chi connectivity index (χ0v) is 9.31. The van der Waals surface area contributed by atoms with E-state index in [9.17, 15) is 0 Å². The Morgan fingerprint density at radius 1 is 1.33 bits per heavy atom. The number of hydrogen-bond acceptors (Lipinski definition) is 3. The van der Waals surface area contributed by atoms with Gasteiger partial charge in [-0.05, 0) is 26.0 Å². The van der Waals surface area contributed by atoms with Gasteiger partial charge in [0.15, 0.2) is 0 Å². The van der Waals surface area contributed by atoms with Crippen molar-refractivity contribution in [3.8, 4) is 0 Å². The number of benzene rings is 1. The molecule has 2 atom stereocenters. The lowest BCUT2D eigenvalue weighted by atomic mass is 10.1. The number of hydrogen-bond donors (Lipinski definition) is 1. The number of ether oxygens (including phenoxy) is 1. The highest BCUT2D eigenvalue weighted by molar-refractivity contribution is 5.67. The first-order chi connectivity index (χ1) is 7.18. The normalized spacial score (nSPS) is 26.7. The van der Waals surface area contributed by atoms with Crippen molar-refractivity contribution in [2.45, 2.75) is 26.0 Å². The van der Waals surface area contributed by atoms with E-state index in [0.717, 1.165) is 24.5 Å². The third kappa shape index (κ3) is 2.07. The van der Waals surface area contributed by atoms with Crippen molar-refractivity contribution in [1.82, 2.24) is 0 Å². The predicted octanol–water partition coefficient (Wildman–Crippen LogP) is 1.88. The van der Waals surface area contributed by atoms with Crippen LogP contribution in [0.4, 0.5) is 11.4 Å². The van der Waals surface area contributed by atoms with Crippen LogP contribution in [0.2, 0.25) is 0 Å². The van der Waals surface area contributed by atoms with Crippen molar-refractivity contribution in [1.29, 1.82) is 0 Å². The SMILES string of the molecule is CC1CN(c2ccccc2N)C(C)CO1. The molecule has 0 saturated carbocycles. The zero-order valence-electron chi connectivity index (χ0n) is 9.31. The highest BCUT2D eigenvalue weighted by atomic mass is 16.5. The first-order valence-electron chi connectivity index (χ1n) is 5.41. The molecule has 2 unspecified atom stereocenters. The minimum absolute atomic E-state index is 0.279. The predicted molar refractivity (Wildman–Crippen MR) is 63.1 cm³/mol. The number of rotatable bonds is 1. The lowest BCUT2D eigenvalue weighted by Gasteiger charge is -2.39. The highest BCUT2D eigenvalue weighted by Gasteiger charge is 2.24. The van der Waals surface area contributed by atoms with Gasteiger partial charge < -0.3 is 15.4 Å². The molecule has 2 N–H and O–H groups in total. The summed E-state index contributed by atoms with van der Waals surface area (Å²) in [4.78, 5) is 2.32. The molecule has 0 aromatic heterocycles. The Morgan fingerprint density at radius 3 is 2.80 bits per heavy atom. The molecule has 0 bridgehead atoms. The molecule has 2 rings (SSSR count). The molecule has 1 aromatic carbocycles. The second kappa shape index (κ2) is 4.11. The van der Waals surface area contributed by atoms with E-state index in [4.69, 9.17) is 10.5 Å². The van der Waals surface area contributed by atoms with Crippen LogP contribution < -0.4 is 10.6 Å². The molecule has 1 saturated heterocycles. The summed E-state index contributed by atoms with van der Waals surface area (Å²) in [5, 5.41) is 0. The van der Waals surface area contributed by atoms with Crippen molar-refractivity contribution >= 4 is 11.4 Å². The van der Waals surface area contributed by atoms with E-state index >= 15 is 0 Å². The topological polar surface area (TPSA) is 38.5 Å². The first-order valence-corrected chi connectivity index (χ1v) is 5.41. The van der Waals surface area contributed by atoms with Crippen LogP contribution in [0, 0.1) is 0 Å². The fourth-order valence-electron chi connectivity index (χ4n) is 1.99. The smallest absolute Gasteiger partial charge is 0.0723 e. The van der Waals surface area contributed by atoms with Crippen LogP contribution in [-0.2, 0) is 4.74 Å². The molecule has 0 radical (unpaired) electrons. The van der Waals surface area contributed by atoms with E-state index in [1.165, 1.54) is 0 Å². The Labute approximate surface area is 90.8 Å². The van der Waals surface area contributed by atoms with Crippen molar-refractivity contribution in [2.75, 3.05) is 23.8 Å². The second-order valence-corrected chi connectivity index (χ2v) is 4.20. The Hall–Kier alpha value is -1.22. The van der Waals surface area contributed by atoms with Crippen LogP contribution in [0.25, 0.3) is 0 Å². The summed E-state index contributed by atoms with van der Waals surface area (Å²) in [6.45, 7) is 5.95. The lowest BCUT2D eigenvalue weighted by Crippen LogP contribution is -2.47. The van der Waals surface area contributed by atoms with E-state index in [2.05, 4.69) is 24.8 Å². The van der Waals surface area contributed by atoms with Crippen LogP contribution in [0.5, 0.6) is 0 Å². The van der Waals surface area contributed by atoms with Crippen LogP contribution in [-0.4, -0.2) is 25.3 Å². The van der Waals surface area contributed by atoms with Gasteiger partial charge in [-0.15, -0.1) is 0 Å². The molecule has 0 amide bonds. The number of anilines is 2. The Kier molecular flexibility index (Phi) is 2.82. The number of nitrogen functional groups attached to an aromatic ring is 1. The van der Waals surface area contributed by atoms with Crippen molar-refractivity contribution in [3.63, 3.8) is 0 Å². The molecule has 15 heavy (non-hydrogen) atoms. The van der Waals surface area contributed by atoms with Gasteiger partial charge >= 0.3 is 0 Å².